The zero-order chi connectivity index (χ0) is 20.2. The van der Waals surface area contributed by atoms with Crippen LogP contribution < -0.4 is 16.0 Å². The second-order valence-corrected chi connectivity index (χ2v) is 8.18. The highest BCUT2D eigenvalue weighted by molar-refractivity contribution is 6.23. The summed E-state index contributed by atoms with van der Waals surface area (Å²) in [7, 11) is 0. The minimum Gasteiger partial charge on any atom is -0.382 e. The lowest BCUT2D eigenvalue weighted by Crippen LogP contribution is -2.54. The van der Waals surface area contributed by atoms with Crippen LogP contribution in [0.4, 0.5) is 5.69 Å². The van der Waals surface area contributed by atoms with Crippen molar-refractivity contribution < 1.29 is 23.9 Å². The van der Waals surface area contributed by atoms with Crippen LogP contribution in [0.15, 0.2) is 18.2 Å². The van der Waals surface area contributed by atoms with E-state index in [1.807, 2.05) is 0 Å². The molecule has 1 spiro atoms. The number of benzene rings is 1. The first kappa shape index (κ1) is 18.3. The number of carbonyl (C=O) groups is 4. The van der Waals surface area contributed by atoms with E-state index in [0.717, 1.165) is 30.9 Å². The van der Waals surface area contributed by atoms with Gasteiger partial charge in [0.15, 0.2) is 0 Å². The first-order valence-electron chi connectivity index (χ1n) is 9.92. The van der Waals surface area contributed by atoms with Gasteiger partial charge in [-0.25, -0.2) is 0 Å². The summed E-state index contributed by atoms with van der Waals surface area (Å²) < 4.78 is 5.90. The smallest absolute Gasteiger partial charge is 0.262 e. The van der Waals surface area contributed by atoms with Gasteiger partial charge >= 0.3 is 0 Å². The van der Waals surface area contributed by atoms with Crippen molar-refractivity contribution in [2.75, 3.05) is 25.0 Å². The molecule has 1 saturated carbocycles. The fraction of sp³-hybridized carbons (Fsp3) is 0.500. The number of nitrogens with one attached hydrogen (secondary N) is 3. The monoisotopic (exact) mass is 398 g/mol. The van der Waals surface area contributed by atoms with E-state index in [1.54, 1.807) is 18.2 Å². The molecule has 152 valence electrons. The third kappa shape index (κ3) is 3.20. The molecule has 4 amide bonds. The van der Waals surface area contributed by atoms with Gasteiger partial charge in [-0.05, 0) is 37.5 Å². The van der Waals surface area contributed by atoms with Crippen molar-refractivity contribution in [2.45, 2.75) is 43.4 Å². The van der Waals surface area contributed by atoms with Gasteiger partial charge in [0, 0.05) is 30.7 Å². The number of amides is 4. The highest BCUT2D eigenvalue weighted by Crippen LogP contribution is 2.37. The number of nitrogens with zero attached hydrogens (tertiary/aromatic N) is 1. The van der Waals surface area contributed by atoms with Crippen LogP contribution in [-0.4, -0.2) is 65.9 Å². The van der Waals surface area contributed by atoms with Crippen molar-refractivity contribution in [3.63, 3.8) is 0 Å². The fourth-order valence-electron chi connectivity index (χ4n) is 4.13. The van der Waals surface area contributed by atoms with Gasteiger partial charge in [0.1, 0.15) is 6.04 Å². The summed E-state index contributed by atoms with van der Waals surface area (Å²) in [5.74, 6) is -2.00. The summed E-state index contributed by atoms with van der Waals surface area (Å²) in [6, 6.07) is 4.03. The molecule has 1 aromatic carbocycles. The molecule has 9 heteroatoms. The molecule has 5 rings (SSSR count). The van der Waals surface area contributed by atoms with E-state index in [9.17, 15) is 19.2 Å². The number of rotatable bonds is 4. The molecule has 0 bridgehead atoms. The Kier molecular flexibility index (Phi) is 4.18. The molecular weight excluding hydrogens is 376 g/mol. The summed E-state index contributed by atoms with van der Waals surface area (Å²) >= 11 is 0. The standard InChI is InChI=1S/C20H22N4O5/c25-16-4-3-15(17(26)23-16)24-18(27)13-2-1-11(7-14(13)19(24)28)21-8-12-9-22-20(5-6-20)10-29-12/h1-2,7,12,15,21-22H,3-6,8-10H2,(H,23,25,26). The highest BCUT2D eigenvalue weighted by atomic mass is 16.5. The molecule has 0 aromatic heterocycles. The van der Waals surface area contributed by atoms with Crippen LogP contribution in [0.1, 0.15) is 46.4 Å². The minimum absolute atomic E-state index is 0.0341. The van der Waals surface area contributed by atoms with E-state index < -0.39 is 23.8 Å². The van der Waals surface area contributed by atoms with Crippen LogP contribution in [0.5, 0.6) is 0 Å². The van der Waals surface area contributed by atoms with E-state index in [2.05, 4.69) is 16.0 Å². The quantitative estimate of drug-likeness (QED) is 0.612. The topological polar surface area (TPSA) is 117 Å². The Morgan fingerprint density at radius 1 is 1.14 bits per heavy atom. The normalized spacial score (nSPS) is 27.8. The van der Waals surface area contributed by atoms with Gasteiger partial charge in [0.05, 0.1) is 23.8 Å². The van der Waals surface area contributed by atoms with Crippen molar-refractivity contribution in [2.24, 2.45) is 0 Å². The van der Waals surface area contributed by atoms with Crippen LogP contribution in [0, 0.1) is 0 Å². The molecular formula is C20H22N4O5. The third-order valence-corrected chi connectivity index (χ3v) is 6.13. The third-order valence-electron chi connectivity index (χ3n) is 6.13. The summed E-state index contributed by atoms with van der Waals surface area (Å²) in [4.78, 5) is 50.0. The molecule has 2 unspecified atom stereocenters. The second kappa shape index (κ2) is 6.64. The molecule has 1 aromatic rings. The van der Waals surface area contributed by atoms with Crippen LogP contribution in [0.25, 0.3) is 0 Å². The van der Waals surface area contributed by atoms with Gasteiger partial charge in [0.25, 0.3) is 11.8 Å². The number of imide groups is 2. The average Bonchev–Trinajstić information content (AvgIpc) is 3.42. The first-order chi connectivity index (χ1) is 14.0. The van der Waals surface area contributed by atoms with E-state index in [1.165, 1.54) is 0 Å². The molecule has 2 saturated heterocycles. The first-order valence-corrected chi connectivity index (χ1v) is 9.92. The second-order valence-electron chi connectivity index (χ2n) is 8.18. The van der Waals surface area contributed by atoms with Gasteiger partial charge in [-0.2, -0.15) is 0 Å². The predicted molar refractivity (Wildman–Crippen MR) is 101 cm³/mol. The zero-order valence-electron chi connectivity index (χ0n) is 15.8. The van der Waals surface area contributed by atoms with Crippen molar-refractivity contribution in [3.8, 4) is 0 Å². The highest BCUT2D eigenvalue weighted by Gasteiger charge is 2.46. The molecule has 1 aliphatic carbocycles. The number of anilines is 1. The molecule has 29 heavy (non-hydrogen) atoms. The Labute approximate surface area is 167 Å². The Hall–Kier alpha value is -2.78. The fourth-order valence-corrected chi connectivity index (χ4v) is 4.13. The van der Waals surface area contributed by atoms with E-state index in [0.29, 0.717) is 12.2 Å². The maximum absolute atomic E-state index is 12.8. The maximum atomic E-state index is 12.8. The van der Waals surface area contributed by atoms with Crippen molar-refractivity contribution in [1.82, 2.24) is 15.5 Å². The lowest BCUT2D eigenvalue weighted by molar-refractivity contribution is -0.136. The van der Waals surface area contributed by atoms with Gasteiger partial charge in [-0.3, -0.25) is 29.4 Å². The van der Waals surface area contributed by atoms with E-state index >= 15 is 0 Å². The number of piperidine rings is 1. The molecule has 3 heterocycles. The Morgan fingerprint density at radius 2 is 1.93 bits per heavy atom. The van der Waals surface area contributed by atoms with Gasteiger partial charge in [0.2, 0.25) is 11.8 Å². The number of ether oxygens (including phenoxy) is 1. The number of morpholine rings is 1. The van der Waals surface area contributed by atoms with Gasteiger partial charge in [-0.15, -0.1) is 0 Å². The van der Waals surface area contributed by atoms with E-state index in [4.69, 9.17) is 4.74 Å². The summed E-state index contributed by atoms with van der Waals surface area (Å²) in [6.07, 6.45) is 2.62. The Balaban J connectivity index is 1.27. The van der Waals surface area contributed by atoms with Crippen LogP contribution in [-0.2, 0) is 14.3 Å². The van der Waals surface area contributed by atoms with Crippen molar-refractivity contribution >= 4 is 29.3 Å². The maximum Gasteiger partial charge on any atom is 0.262 e. The average molecular weight is 398 g/mol. The Morgan fingerprint density at radius 3 is 2.62 bits per heavy atom. The summed E-state index contributed by atoms with van der Waals surface area (Å²) in [6.45, 7) is 2.08. The number of fused-ring (bicyclic) bond motifs is 1. The predicted octanol–water partition coefficient (Wildman–Crippen LogP) is 0.0207. The molecule has 3 N–H and O–H groups in total. The molecule has 9 nitrogen and oxygen atoms in total. The van der Waals surface area contributed by atoms with Crippen molar-refractivity contribution in [3.05, 3.63) is 29.3 Å². The number of hydrogen-bond acceptors (Lipinski definition) is 7. The summed E-state index contributed by atoms with van der Waals surface area (Å²) in [5.41, 5.74) is 1.46. The largest absolute Gasteiger partial charge is 0.382 e. The molecule has 3 fully saturated rings. The minimum atomic E-state index is -0.951. The zero-order valence-corrected chi connectivity index (χ0v) is 15.8. The van der Waals surface area contributed by atoms with Crippen molar-refractivity contribution in [1.29, 1.82) is 0 Å². The lowest BCUT2D eigenvalue weighted by Gasteiger charge is -2.30. The summed E-state index contributed by atoms with van der Waals surface area (Å²) in [5, 5.41) is 8.99. The van der Waals surface area contributed by atoms with Gasteiger partial charge in [-0.1, -0.05) is 0 Å². The molecule has 3 aliphatic heterocycles. The number of carbonyl (C=O) groups excluding carboxylic acids is 4. The van der Waals surface area contributed by atoms with Crippen LogP contribution in [0.2, 0.25) is 0 Å². The molecule has 4 aliphatic rings. The lowest BCUT2D eigenvalue weighted by atomic mass is 10.0. The number of hydrogen-bond donors (Lipinski definition) is 3. The SMILES string of the molecule is O=C1CCC(N2C(=O)c3ccc(NCC4CNC5(CC5)CO4)cc3C2=O)C(=O)N1. The molecule has 2 atom stereocenters. The van der Waals surface area contributed by atoms with Crippen LogP contribution >= 0.6 is 0 Å². The van der Waals surface area contributed by atoms with E-state index in [-0.39, 0.29) is 41.5 Å². The molecule has 0 radical (unpaired) electrons. The Bertz CT molecular complexity index is 915. The van der Waals surface area contributed by atoms with Crippen LogP contribution in [0.3, 0.4) is 0 Å². The van der Waals surface area contributed by atoms with Gasteiger partial charge < -0.3 is 15.4 Å².